The summed E-state index contributed by atoms with van der Waals surface area (Å²) in [6.07, 6.45) is 5.62. The predicted octanol–water partition coefficient (Wildman–Crippen LogP) is 1.94. The van der Waals surface area contributed by atoms with Gasteiger partial charge in [0.05, 0.1) is 17.9 Å². The Morgan fingerprint density at radius 3 is 2.75 bits per heavy atom. The Labute approximate surface area is 143 Å². The van der Waals surface area contributed by atoms with Gasteiger partial charge in [-0.25, -0.2) is 0 Å². The first-order valence-electron chi connectivity index (χ1n) is 8.37. The highest BCUT2D eigenvalue weighted by Gasteiger charge is 2.37. The van der Waals surface area contributed by atoms with Gasteiger partial charge in [-0.05, 0) is 40.2 Å². The van der Waals surface area contributed by atoms with Crippen LogP contribution in [0, 0.1) is 0 Å². The highest BCUT2D eigenvalue weighted by Crippen LogP contribution is 2.19. The first-order chi connectivity index (χ1) is 11.4. The zero-order valence-corrected chi connectivity index (χ0v) is 14.8. The second-order valence-electron chi connectivity index (χ2n) is 6.83. The van der Waals surface area contributed by atoms with Crippen LogP contribution < -0.4 is 10.6 Å². The predicted molar refractivity (Wildman–Crippen MR) is 92.6 cm³/mol. The van der Waals surface area contributed by atoms with Gasteiger partial charge in [0.15, 0.2) is 0 Å². The summed E-state index contributed by atoms with van der Waals surface area (Å²) < 4.78 is 4.95. The molecular formula is C18H27N3O3. The molecule has 0 bridgehead atoms. The fourth-order valence-corrected chi connectivity index (χ4v) is 2.83. The van der Waals surface area contributed by atoms with Crippen molar-refractivity contribution in [2.45, 2.75) is 52.2 Å². The van der Waals surface area contributed by atoms with E-state index in [1.165, 1.54) is 18.1 Å². The highest BCUT2D eigenvalue weighted by atomic mass is 16.3. The summed E-state index contributed by atoms with van der Waals surface area (Å²) >= 11 is 0. The van der Waals surface area contributed by atoms with E-state index in [2.05, 4.69) is 21.6 Å². The second kappa shape index (κ2) is 8.15. The van der Waals surface area contributed by atoms with Gasteiger partial charge < -0.3 is 15.1 Å². The topological polar surface area (TPSA) is 74.6 Å². The van der Waals surface area contributed by atoms with Crippen molar-refractivity contribution in [1.82, 2.24) is 15.5 Å². The van der Waals surface area contributed by atoms with Gasteiger partial charge in [0.2, 0.25) is 5.91 Å². The minimum Gasteiger partial charge on any atom is -0.472 e. The summed E-state index contributed by atoms with van der Waals surface area (Å²) in [6.45, 7) is 9.34. The molecule has 0 aromatic carbocycles. The maximum Gasteiger partial charge on any atom is 0.254 e. The largest absolute Gasteiger partial charge is 0.472 e. The Kier molecular flexibility index (Phi) is 6.20. The second-order valence-corrected chi connectivity index (χ2v) is 6.83. The van der Waals surface area contributed by atoms with Crippen molar-refractivity contribution in [3.63, 3.8) is 0 Å². The summed E-state index contributed by atoms with van der Waals surface area (Å²) in [6, 6.07) is 1.45. The van der Waals surface area contributed by atoms with E-state index in [1.54, 1.807) is 6.07 Å². The number of nitrogens with one attached hydrogen (secondary N) is 2. The lowest BCUT2D eigenvalue weighted by molar-refractivity contribution is -0.125. The molecule has 2 heterocycles. The molecule has 2 N–H and O–H groups in total. The van der Waals surface area contributed by atoms with Crippen LogP contribution in [0.2, 0.25) is 0 Å². The molecule has 24 heavy (non-hydrogen) atoms. The van der Waals surface area contributed by atoms with Crippen LogP contribution in [-0.2, 0) is 4.79 Å². The van der Waals surface area contributed by atoms with Gasteiger partial charge in [-0.2, -0.15) is 0 Å². The van der Waals surface area contributed by atoms with Gasteiger partial charge >= 0.3 is 0 Å². The van der Waals surface area contributed by atoms with Crippen molar-refractivity contribution in [2.75, 3.05) is 13.1 Å². The van der Waals surface area contributed by atoms with E-state index in [4.69, 9.17) is 4.42 Å². The van der Waals surface area contributed by atoms with Gasteiger partial charge in [0.25, 0.3) is 5.91 Å². The first kappa shape index (κ1) is 18.3. The van der Waals surface area contributed by atoms with Gasteiger partial charge in [-0.1, -0.05) is 11.6 Å². The standard InChI is InChI=1S/C18H27N3O3/c1-12(2)5-7-21-10-15(9-16(21)18(23)19-13(3)4)20-17(22)14-6-8-24-11-14/h5-6,8,11,13,15-16H,7,9-10H2,1-4H3,(H,19,23)(H,20,22). The average Bonchev–Trinajstić information content (AvgIpc) is 3.13. The van der Waals surface area contributed by atoms with Gasteiger partial charge in [-0.3, -0.25) is 14.5 Å². The summed E-state index contributed by atoms with van der Waals surface area (Å²) in [5.41, 5.74) is 1.71. The molecule has 2 atom stereocenters. The molecule has 1 fully saturated rings. The van der Waals surface area contributed by atoms with E-state index in [1.807, 2.05) is 27.7 Å². The molecule has 6 heteroatoms. The molecule has 0 radical (unpaired) electrons. The fourth-order valence-electron chi connectivity index (χ4n) is 2.83. The SMILES string of the molecule is CC(C)=CCN1CC(NC(=O)c2ccoc2)CC1C(=O)NC(C)C. The molecule has 1 aliphatic rings. The molecule has 1 aromatic rings. The lowest BCUT2D eigenvalue weighted by Gasteiger charge is -2.23. The molecule has 1 aliphatic heterocycles. The number of carbonyl (C=O) groups is 2. The third-order valence-corrected chi connectivity index (χ3v) is 3.99. The minimum absolute atomic E-state index is 0.0206. The number of nitrogens with zero attached hydrogens (tertiary/aromatic N) is 1. The number of furan rings is 1. The quantitative estimate of drug-likeness (QED) is 0.780. The van der Waals surface area contributed by atoms with Crippen LogP contribution in [0.1, 0.15) is 44.5 Å². The number of amides is 2. The summed E-state index contributed by atoms with van der Waals surface area (Å²) in [7, 11) is 0. The van der Waals surface area contributed by atoms with E-state index in [9.17, 15) is 9.59 Å². The molecule has 0 spiro atoms. The van der Waals surface area contributed by atoms with Gasteiger partial charge in [0.1, 0.15) is 6.26 Å². The molecule has 2 amide bonds. The van der Waals surface area contributed by atoms with Crippen LogP contribution >= 0.6 is 0 Å². The van der Waals surface area contributed by atoms with Crippen molar-refractivity contribution in [3.05, 3.63) is 35.8 Å². The van der Waals surface area contributed by atoms with Crippen molar-refractivity contribution < 1.29 is 14.0 Å². The number of rotatable bonds is 6. The molecule has 1 saturated heterocycles. The molecule has 132 valence electrons. The number of hydrogen-bond donors (Lipinski definition) is 2. The van der Waals surface area contributed by atoms with Crippen molar-refractivity contribution in [1.29, 1.82) is 0 Å². The Hall–Kier alpha value is -2.08. The Morgan fingerprint density at radius 1 is 1.42 bits per heavy atom. The van der Waals surface area contributed by atoms with Crippen LogP contribution in [0.5, 0.6) is 0 Å². The van der Waals surface area contributed by atoms with Crippen LogP contribution in [0.15, 0.2) is 34.7 Å². The molecule has 2 rings (SSSR count). The third-order valence-electron chi connectivity index (χ3n) is 3.99. The number of hydrogen-bond acceptors (Lipinski definition) is 4. The smallest absolute Gasteiger partial charge is 0.254 e. The normalized spacial score (nSPS) is 20.9. The summed E-state index contributed by atoms with van der Waals surface area (Å²) in [5.74, 6) is -0.145. The molecular weight excluding hydrogens is 306 g/mol. The summed E-state index contributed by atoms with van der Waals surface area (Å²) in [4.78, 5) is 26.8. The first-order valence-corrected chi connectivity index (χ1v) is 8.37. The van der Waals surface area contributed by atoms with Crippen LogP contribution in [0.3, 0.4) is 0 Å². The maximum atomic E-state index is 12.5. The van der Waals surface area contributed by atoms with E-state index >= 15 is 0 Å². The van der Waals surface area contributed by atoms with Crippen LogP contribution in [0.4, 0.5) is 0 Å². The number of likely N-dealkylation sites (tertiary alicyclic amines) is 1. The Morgan fingerprint density at radius 2 is 2.17 bits per heavy atom. The molecule has 2 unspecified atom stereocenters. The summed E-state index contributed by atoms with van der Waals surface area (Å²) in [5, 5.41) is 5.97. The van der Waals surface area contributed by atoms with Crippen molar-refractivity contribution in [2.24, 2.45) is 0 Å². The molecule has 1 aromatic heterocycles. The van der Waals surface area contributed by atoms with Crippen LogP contribution in [-0.4, -0.2) is 47.9 Å². The zero-order chi connectivity index (χ0) is 17.7. The molecule has 0 aliphatic carbocycles. The van der Waals surface area contributed by atoms with E-state index in [0.29, 0.717) is 25.1 Å². The van der Waals surface area contributed by atoms with E-state index in [-0.39, 0.29) is 29.9 Å². The monoisotopic (exact) mass is 333 g/mol. The lowest BCUT2D eigenvalue weighted by atomic mass is 10.1. The Bertz CT molecular complexity index is 589. The average molecular weight is 333 g/mol. The number of allylic oxidation sites excluding steroid dienone is 1. The highest BCUT2D eigenvalue weighted by molar-refractivity contribution is 5.94. The maximum absolute atomic E-state index is 12.5. The lowest BCUT2D eigenvalue weighted by Crippen LogP contribution is -2.45. The van der Waals surface area contributed by atoms with E-state index < -0.39 is 0 Å². The minimum atomic E-state index is -0.224. The van der Waals surface area contributed by atoms with Gasteiger partial charge in [0, 0.05) is 25.2 Å². The zero-order valence-electron chi connectivity index (χ0n) is 14.8. The van der Waals surface area contributed by atoms with Crippen molar-refractivity contribution in [3.8, 4) is 0 Å². The van der Waals surface area contributed by atoms with Crippen molar-refractivity contribution >= 4 is 11.8 Å². The Balaban J connectivity index is 2.03. The third kappa shape index (κ3) is 4.96. The van der Waals surface area contributed by atoms with Crippen LogP contribution in [0.25, 0.3) is 0 Å². The van der Waals surface area contributed by atoms with Gasteiger partial charge in [-0.15, -0.1) is 0 Å². The number of carbonyl (C=O) groups excluding carboxylic acids is 2. The van der Waals surface area contributed by atoms with E-state index in [0.717, 1.165) is 0 Å². The molecule has 0 saturated carbocycles. The fraction of sp³-hybridized carbons (Fsp3) is 0.556. The molecule has 6 nitrogen and oxygen atoms in total.